The maximum absolute atomic E-state index is 13.0. The van der Waals surface area contributed by atoms with Gasteiger partial charge in [-0.25, -0.2) is 0 Å². The van der Waals surface area contributed by atoms with Crippen molar-refractivity contribution < 1.29 is 14.3 Å². The van der Waals surface area contributed by atoms with E-state index >= 15 is 0 Å². The normalized spacial score (nSPS) is 16.7. The molecule has 1 saturated heterocycles. The zero-order valence-electron chi connectivity index (χ0n) is 18.2. The summed E-state index contributed by atoms with van der Waals surface area (Å²) in [7, 11) is 0. The number of nitrogens with one attached hydrogen (secondary N) is 1. The van der Waals surface area contributed by atoms with Crippen LogP contribution < -0.4 is 10.2 Å². The van der Waals surface area contributed by atoms with E-state index in [0.29, 0.717) is 39.1 Å². The number of nitrogens with zero attached hydrogens (tertiary/aromatic N) is 3. The van der Waals surface area contributed by atoms with Gasteiger partial charge in [-0.2, -0.15) is 0 Å². The van der Waals surface area contributed by atoms with Crippen LogP contribution >= 0.6 is 23.2 Å². The van der Waals surface area contributed by atoms with Crippen LogP contribution in [0.15, 0.2) is 47.5 Å². The van der Waals surface area contributed by atoms with Crippen molar-refractivity contribution >= 4 is 46.4 Å². The van der Waals surface area contributed by atoms with Crippen molar-refractivity contribution in [2.24, 2.45) is 4.99 Å². The summed E-state index contributed by atoms with van der Waals surface area (Å²) in [5.74, 6) is -0.475. The molecule has 7 nitrogen and oxygen atoms in total. The van der Waals surface area contributed by atoms with Crippen molar-refractivity contribution in [3.05, 3.63) is 63.6 Å². The lowest BCUT2D eigenvalue weighted by Crippen LogP contribution is -2.43. The first-order valence-electron chi connectivity index (χ1n) is 11.0. The summed E-state index contributed by atoms with van der Waals surface area (Å²) < 4.78 is 5.35. The topological polar surface area (TPSA) is 74.2 Å². The first-order chi connectivity index (χ1) is 16.0. The highest BCUT2D eigenvalue weighted by Gasteiger charge is 2.27. The maximum Gasteiger partial charge on any atom is 0.249 e. The SMILES string of the molecule is O=C(CN1C(=O)CN=C(c2ccccc2Cl)c2cc(Cl)ccc21)NCCCN1CCOCC1. The Morgan fingerprint density at radius 2 is 1.88 bits per heavy atom. The van der Waals surface area contributed by atoms with Crippen LogP contribution in [0.25, 0.3) is 0 Å². The van der Waals surface area contributed by atoms with Gasteiger partial charge in [0.15, 0.2) is 0 Å². The van der Waals surface area contributed by atoms with Gasteiger partial charge in [0, 0.05) is 40.8 Å². The van der Waals surface area contributed by atoms with E-state index in [1.54, 1.807) is 24.3 Å². The number of benzene rings is 2. The summed E-state index contributed by atoms with van der Waals surface area (Å²) in [4.78, 5) is 34.0. The van der Waals surface area contributed by atoms with E-state index in [0.717, 1.165) is 39.3 Å². The van der Waals surface area contributed by atoms with E-state index in [-0.39, 0.29) is 24.9 Å². The van der Waals surface area contributed by atoms with Gasteiger partial charge >= 0.3 is 0 Å². The number of amides is 2. The van der Waals surface area contributed by atoms with Gasteiger partial charge in [-0.15, -0.1) is 0 Å². The Kier molecular flexibility index (Phi) is 7.98. The average molecular weight is 489 g/mol. The van der Waals surface area contributed by atoms with Gasteiger partial charge in [0.05, 0.1) is 24.6 Å². The molecule has 0 bridgehead atoms. The lowest BCUT2D eigenvalue weighted by atomic mass is 10.00. The number of anilines is 1. The van der Waals surface area contributed by atoms with Gasteiger partial charge in [0.2, 0.25) is 11.8 Å². The molecule has 0 spiro atoms. The second-order valence-electron chi connectivity index (χ2n) is 7.94. The number of rotatable bonds is 7. The number of morpholine rings is 1. The molecule has 33 heavy (non-hydrogen) atoms. The number of fused-ring (bicyclic) bond motifs is 1. The minimum Gasteiger partial charge on any atom is -0.379 e. The number of hydrogen-bond donors (Lipinski definition) is 1. The standard InChI is InChI=1S/C24H26Cl2N4O3/c25-17-6-7-21-19(14-17)24(18-4-1-2-5-20(18)26)28-15-23(32)30(21)16-22(31)27-8-3-9-29-10-12-33-13-11-29/h1-2,4-7,14H,3,8-13,15-16H2,(H,27,31). The summed E-state index contributed by atoms with van der Waals surface area (Å²) in [6, 6.07) is 12.5. The van der Waals surface area contributed by atoms with Gasteiger partial charge < -0.3 is 15.0 Å². The molecule has 0 atom stereocenters. The Morgan fingerprint density at radius 3 is 2.67 bits per heavy atom. The molecule has 0 aromatic heterocycles. The van der Waals surface area contributed by atoms with E-state index in [1.807, 2.05) is 18.2 Å². The molecule has 2 aliphatic heterocycles. The number of benzodiazepines with no additional fused rings is 1. The zero-order valence-corrected chi connectivity index (χ0v) is 19.7. The number of carbonyl (C=O) groups excluding carboxylic acids is 2. The van der Waals surface area contributed by atoms with E-state index in [1.165, 1.54) is 4.90 Å². The van der Waals surface area contributed by atoms with Crippen LogP contribution in [0.1, 0.15) is 17.5 Å². The Labute approximate surface area is 203 Å². The van der Waals surface area contributed by atoms with Gasteiger partial charge in [0.25, 0.3) is 0 Å². The van der Waals surface area contributed by atoms with Gasteiger partial charge in [-0.1, -0.05) is 41.4 Å². The molecule has 174 valence electrons. The minimum absolute atomic E-state index is 0.0861. The molecule has 2 amide bonds. The van der Waals surface area contributed by atoms with Crippen molar-refractivity contribution in [3.63, 3.8) is 0 Å². The number of aliphatic imine (C=N–C) groups is 1. The molecular formula is C24H26Cl2N4O3. The lowest BCUT2D eigenvalue weighted by Gasteiger charge is -2.26. The fourth-order valence-corrected chi connectivity index (χ4v) is 4.39. The number of ether oxygens (including phenoxy) is 1. The highest BCUT2D eigenvalue weighted by molar-refractivity contribution is 6.37. The van der Waals surface area contributed by atoms with Crippen molar-refractivity contribution in [1.29, 1.82) is 0 Å². The highest BCUT2D eigenvalue weighted by atomic mass is 35.5. The van der Waals surface area contributed by atoms with Gasteiger partial charge in [-0.05, 0) is 37.2 Å². The van der Waals surface area contributed by atoms with Crippen molar-refractivity contribution in [3.8, 4) is 0 Å². The van der Waals surface area contributed by atoms with Gasteiger partial charge in [0.1, 0.15) is 13.1 Å². The third-order valence-corrected chi connectivity index (χ3v) is 6.25. The Morgan fingerprint density at radius 1 is 1.09 bits per heavy atom. The smallest absolute Gasteiger partial charge is 0.249 e. The second-order valence-corrected chi connectivity index (χ2v) is 8.79. The minimum atomic E-state index is -0.260. The largest absolute Gasteiger partial charge is 0.379 e. The van der Waals surface area contributed by atoms with Crippen LogP contribution in [0.5, 0.6) is 0 Å². The second kappa shape index (κ2) is 11.1. The molecule has 0 saturated carbocycles. The van der Waals surface area contributed by atoms with Crippen molar-refractivity contribution in [2.45, 2.75) is 6.42 Å². The van der Waals surface area contributed by atoms with Crippen LogP contribution in [-0.4, -0.2) is 74.9 Å². The third-order valence-electron chi connectivity index (χ3n) is 5.69. The van der Waals surface area contributed by atoms with E-state index < -0.39 is 0 Å². The molecular weight excluding hydrogens is 463 g/mol. The Hall–Kier alpha value is -2.45. The van der Waals surface area contributed by atoms with Crippen molar-refractivity contribution in [1.82, 2.24) is 10.2 Å². The molecule has 0 unspecified atom stereocenters. The third kappa shape index (κ3) is 5.92. The number of hydrogen-bond acceptors (Lipinski definition) is 5. The quantitative estimate of drug-likeness (QED) is 0.607. The van der Waals surface area contributed by atoms with Crippen LogP contribution in [0.2, 0.25) is 10.0 Å². The van der Waals surface area contributed by atoms with Gasteiger partial charge in [-0.3, -0.25) is 19.5 Å². The molecule has 2 aliphatic rings. The van der Waals surface area contributed by atoms with E-state index in [9.17, 15) is 9.59 Å². The maximum atomic E-state index is 13.0. The van der Waals surface area contributed by atoms with Crippen LogP contribution in [0, 0.1) is 0 Å². The monoisotopic (exact) mass is 488 g/mol. The Bertz CT molecular complexity index is 1050. The summed E-state index contributed by atoms with van der Waals surface area (Å²) in [6.07, 6.45) is 0.839. The van der Waals surface area contributed by atoms with Crippen LogP contribution in [-0.2, 0) is 14.3 Å². The molecule has 2 aromatic carbocycles. The van der Waals surface area contributed by atoms with E-state index in [2.05, 4.69) is 15.2 Å². The first kappa shape index (κ1) is 23.7. The molecule has 1 N–H and O–H groups in total. The zero-order chi connectivity index (χ0) is 23.2. The molecule has 1 fully saturated rings. The molecule has 4 rings (SSSR count). The summed E-state index contributed by atoms with van der Waals surface area (Å²) in [6.45, 7) is 4.63. The fourth-order valence-electron chi connectivity index (χ4n) is 4.00. The lowest BCUT2D eigenvalue weighted by molar-refractivity contribution is -0.123. The average Bonchev–Trinajstić information content (AvgIpc) is 2.94. The fraction of sp³-hybridized carbons (Fsp3) is 0.375. The number of halogens is 2. The first-order valence-corrected chi connectivity index (χ1v) is 11.7. The predicted octanol–water partition coefficient (Wildman–Crippen LogP) is 3.02. The number of carbonyl (C=O) groups is 2. The molecule has 2 aromatic rings. The molecule has 9 heteroatoms. The summed E-state index contributed by atoms with van der Waals surface area (Å²) in [5, 5.41) is 3.97. The van der Waals surface area contributed by atoms with Crippen LogP contribution in [0.4, 0.5) is 5.69 Å². The molecule has 0 aliphatic carbocycles. The van der Waals surface area contributed by atoms with Crippen LogP contribution in [0.3, 0.4) is 0 Å². The summed E-state index contributed by atoms with van der Waals surface area (Å²) >= 11 is 12.7. The highest BCUT2D eigenvalue weighted by Crippen LogP contribution is 2.31. The molecule has 2 heterocycles. The van der Waals surface area contributed by atoms with Crippen molar-refractivity contribution in [2.75, 3.05) is 57.4 Å². The Balaban J connectivity index is 1.47. The predicted molar refractivity (Wildman–Crippen MR) is 131 cm³/mol. The molecule has 0 radical (unpaired) electrons. The van der Waals surface area contributed by atoms with E-state index in [4.69, 9.17) is 27.9 Å². The summed E-state index contributed by atoms with van der Waals surface area (Å²) in [5.41, 5.74) is 2.55.